The van der Waals surface area contributed by atoms with E-state index in [0.717, 1.165) is 11.3 Å². The van der Waals surface area contributed by atoms with Crippen molar-refractivity contribution in [2.24, 2.45) is 0 Å². The minimum absolute atomic E-state index is 0.125. The Morgan fingerprint density at radius 1 is 1.00 bits per heavy atom. The monoisotopic (exact) mass is 328 g/mol. The fourth-order valence-corrected chi connectivity index (χ4v) is 2.25. The van der Waals surface area contributed by atoms with Crippen LogP contribution in [0.3, 0.4) is 0 Å². The van der Waals surface area contributed by atoms with Gasteiger partial charge in [0.25, 0.3) is 0 Å². The van der Waals surface area contributed by atoms with Gasteiger partial charge >= 0.3 is 0 Å². The molecule has 4 nitrogen and oxygen atoms in total. The molecule has 2 aromatic carbocycles. The second-order valence-corrected chi connectivity index (χ2v) is 5.66. The van der Waals surface area contributed by atoms with Crippen molar-refractivity contribution in [1.82, 2.24) is 0 Å². The topological polar surface area (TPSA) is 47.9 Å². The average molecular weight is 328 g/mol. The van der Waals surface area contributed by atoms with Crippen molar-refractivity contribution in [3.8, 4) is 11.5 Å². The van der Waals surface area contributed by atoms with E-state index in [4.69, 9.17) is 14.2 Å². The Bertz CT molecular complexity index is 609. The van der Waals surface area contributed by atoms with Gasteiger partial charge in [-0.05, 0) is 36.2 Å². The van der Waals surface area contributed by atoms with Crippen LogP contribution in [0.1, 0.15) is 12.0 Å². The minimum atomic E-state index is -1.11. The van der Waals surface area contributed by atoms with Crippen LogP contribution in [-0.2, 0) is 11.3 Å². The predicted octanol–water partition coefficient (Wildman–Crippen LogP) is 3.60. The van der Waals surface area contributed by atoms with Gasteiger partial charge < -0.3 is 19.3 Å². The van der Waals surface area contributed by atoms with Crippen molar-refractivity contribution >= 4 is 0 Å². The van der Waals surface area contributed by atoms with E-state index in [1.165, 1.54) is 0 Å². The second-order valence-electron chi connectivity index (χ2n) is 5.66. The number of rotatable bonds is 10. The highest BCUT2D eigenvalue weighted by Gasteiger charge is 2.27. The Morgan fingerprint density at radius 2 is 1.67 bits per heavy atom. The second kappa shape index (κ2) is 9.11. The van der Waals surface area contributed by atoms with Crippen molar-refractivity contribution in [3.63, 3.8) is 0 Å². The molecule has 0 heterocycles. The zero-order chi connectivity index (χ0) is 17.3. The molecule has 2 rings (SSSR count). The fraction of sp³-hybridized carbons (Fsp3) is 0.300. The maximum Gasteiger partial charge on any atom is 0.125 e. The van der Waals surface area contributed by atoms with Gasteiger partial charge in [-0.2, -0.15) is 0 Å². The van der Waals surface area contributed by atoms with Crippen LogP contribution in [0.15, 0.2) is 67.3 Å². The third-order valence-corrected chi connectivity index (χ3v) is 3.57. The molecule has 0 bridgehead atoms. The highest BCUT2D eigenvalue weighted by Crippen LogP contribution is 2.20. The molecule has 0 saturated carbocycles. The Hall–Kier alpha value is -2.30. The van der Waals surface area contributed by atoms with Crippen LogP contribution >= 0.6 is 0 Å². The smallest absolute Gasteiger partial charge is 0.125 e. The van der Waals surface area contributed by atoms with Crippen molar-refractivity contribution < 1.29 is 19.3 Å². The summed E-state index contributed by atoms with van der Waals surface area (Å²) in [7, 11) is 1.61. The van der Waals surface area contributed by atoms with Gasteiger partial charge in [-0.15, -0.1) is 6.58 Å². The van der Waals surface area contributed by atoms with Gasteiger partial charge in [-0.3, -0.25) is 0 Å². The Morgan fingerprint density at radius 3 is 2.29 bits per heavy atom. The molecule has 4 heteroatoms. The average Bonchev–Trinajstić information content (AvgIpc) is 2.62. The molecule has 1 N–H and O–H groups in total. The van der Waals surface area contributed by atoms with E-state index in [1.807, 2.05) is 42.5 Å². The number of ether oxygens (including phenoxy) is 3. The summed E-state index contributed by atoms with van der Waals surface area (Å²) in [5, 5.41) is 10.7. The Kier molecular flexibility index (Phi) is 6.85. The molecule has 0 unspecified atom stereocenters. The fourth-order valence-electron chi connectivity index (χ4n) is 2.25. The van der Waals surface area contributed by atoms with Crippen molar-refractivity contribution in [1.29, 1.82) is 0 Å². The molecule has 0 saturated heterocycles. The molecule has 2 aromatic rings. The largest absolute Gasteiger partial charge is 0.497 e. The lowest BCUT2D eigenvalue weighted by Gasteiger charge is -2.27. The molecule has 0 aliphatic carbocycles. The van der Waals surface area contributed by atoms with E-state index >= 15 is 0 Å². The van der Waals surface area contributed by atoms with Crippen molar-refractivity contribution in [2.45, 2.75) is 18.6 Å². The molecular weight excluding hydrogens is 304 g/mol. The van der Waals surface area contributed by atoms with Gasteiger partial charge in [0.2, 0.25) is 0 Å². The van der Waals surface area contributed by atoms with E-state index < -0.39 is 5.60 Å². The van der Waals surface area contributed by atoms with Crippen LogP contribution in [0.25, 0.3) is 0 Å². The quantitative estimate of drug-likeness (QED) is 0.677. The van der Waals surface area contributed by atoms with Crippen LogP contribution in [0.2, 0.25) is 0 Å². The van der Waals surface area contributed by atoms with Gasteiger partial charge in [-0.25, -0.2) is 0 Å². The maximum absolute atomic E-state index is 10.7. The molecule has 1 atom stereocenters. The molecular formula is C20H24O4. The zero-order valence-corrected chi connectivity index (χ0v) is 14.0. The van der Waals surface area contributed by atoms with Gasteiger partial charge in [0.05, 0.1) is 20.3 Å². The van der Waals surface area contributed by atoms with Gasteiger partial charge in [0, 0.05) is 0 Å². The zero-order valence-electron chi connectivity index (χ0n) is 14.0. The minimum Gasteiger partial charge on any atom is -0.497 e. The number of benzene rings is 2. The molecule has 0 amide bonds. The van der Waals surface area contributed by atoms with E-state index in [9.17, 15) is 5.11 Å². The lowest BCUT2D eigenvalue weighted by Crippen LogP contribution is -2.40. The summed E-state index contributed by atoms with van der Waals surface area (Å²) in [5.41, 5.74) is -0.0502. The van der Waals surface area contributed by atoms with Gasteiger partial charge in [0.1, 0.15) is 23.7 Å². The summed E-state index contributed by atoms with van der Waals surface area (Å²) in [6, 6.07) is 17.1. The van der Waals surface area contributed by atoms with Crippen LogP contribution in [-0.4, -0.2) is 31.0 Å². The van der Waals surface area contributed by atoms with E-state index in [0.29, 0.717) is 18.8 Å². The summed E-state index contributed by atoms with van der Waals surface area (Å²) >= 11 is 0. The van der Waals surface area contributed by atoms with E-state index in [-0.39, 0.29) is 13.2 Å². The first-order valence-corrected chi connectivity index (χ1v) is 7.87. The van der Waals surface area contributed by atoms with E-state index in [2.05, 4.69) is 6.58 Å². The third kappa shape index (κ3) is 5.72. The SMILES string of the molecule is C=CC[C@@](O)(COCc1ccccc1)COc1ccc(OC)cc1. The summed E-state index contributed by atoms with van der Waals surface area (Å²) < 4.78 is 16.5. The molecule has 0 aliphatic rings. The lowest BCUT2D eigenvalue weighted by molar-refractivity contribution is -0.0738. The summed E-state index contributed by atoms with van der Waals surface area (Å²) in [5.74, 6) is 1.43. The van der Waals surface area contributed by atoms with Crippen LogP contribution in [0, 0.1) is 0 Å². The van der Waals surface area contributed by atoms with Crippen molar-refractivity contribution in [3.05, 3.63) is 72.8 Å². The molecule has 0 radical (unpaired) electrons. The first-order chi connectivity index (χ1) is 11.6. The van der Waals surface area contributed by atoms with E-state index in [1.54, 1.807) is 25.3 Å². The standard InChI is InChI=1S/C20H24O4/c1-3-13-20(21,15-23-14-17-7-5-4-6-8-17)16-24-19-11-9-18(22-2)10-12-19/h3-12,21H,1,13-16H2,2H3/t20-/m1/s1. The molecule has 0 spiro atoms. The third-order valence-electron chi connectivity index (χ3n) is 3.57. The Labute approximate surface area is 143 Å². The van der Waals surface area contributed by atoms with Crippen LogP contribution in [0.5, 0.6) is 11.5 Å². The molecule has 24 heavy (non-hydrogen) atoms. The number of hydrogen-bond acceptors (Lipinski definition) is 4. The number of aliphatic hydroxyl groups is 1. The number of methoxy groups -OCH3 is 1. The molecule has 128 valence electrons. The van der Waals surface area contributed by atoms with Gasteiger partial charge in [0.15, 0.2) is 0 Å². The maximum atomic E-state index is 10.7. The van der Waals surface area contributed by atoms with Crippen molar-refractivity contribution in [2.75, 3.05) is 20.3 Å². The molecule has 0 fully saturated rings. The lowest BCUT2D eigenvalue weighted by atomic mass is 10.0. The summed E-state index contributed by atoms with van der Waals surface area (Å²) in [4.78, 5) is 0. The van der Waals surface area contributed by atoms with Gasteiger partial charge in [-0.1, -0.05) is 36.4 Å². The molecule has 0 aromatic heterocycles. The summed E-state index contributed by atoms with van der Waals surface area (Å²) in [6.07, 6.45) is 2.06. The normalized spacial score (nSPS) is 13.1. The first kappa shape index (κ1) is 18.0. The number of hydrogen-bond donors (Lipinski definition) is 1. The van der Waals surface area contributed by atoms with Crippen LogP contribution in [0.4, 0.5) is 0 Å². The first-order valence-electron chi connectivity index (χ1n) is 7.87. The van der Waals surface area contributed by atoms with Crippen LogP contribution < -0.4 is 9.47 Å². The molecule has 0 aliphatic heterocycles. The predicted molar refractivity (Wildman–Crippen MR) is 94.4 cm³/mol. The highest BCUT2D eigenvalue weighted by molar-refractivity contribution is 5.31. The highest BCUT2D eigenvalue weighted by atomic mass is 16.5. The summed E-state index contributed by atoms with van der Waals surface area (Å²) in [6.45, 7) is 4.45. The Balaban J connectivity index is 1.87.